The zero-order valence-electron chi connectivity index (χ0n) is 23.9. The van der Waals surface area contributed by atoms with E-state index in [0.29, 0.717) is 39.3 Å². The van der Waals surface area contributed by atoms with Crippen LogP contribution in [0, 0.1) is 0 Å². The van der Waals surface area contributed by atoms with Crippen molar-refractivity contribution in [3.05, 3.63) is 132 Å². The third-order valence-electron chi connectivity index (χ3n) is 7.96. The minimum Gasteiger partial charge on any atom is -0.497 e. The second-order valence-electron chi connectivity index (χ2n) is 10.7. The SMILES string of the molecule is COc1ccc(Cn2cc(C(CC(=O)N3CCOCC3)c3cccc(OCc4ccccc4)c3)c3ccccc32)cc1. The first-order chi connectivity index (χ1) is 20.7. The Kier molecular flexibility index (Phi) is 8.52. The molecule has 1 aliphatic rings. The first-order valence-corrected chi connectivity index (χ1v) is 14.5. The zero-order chi connectivity index (χ0) is 28.7. The number of hydrogen-bond acceptors (Lipinski definition) is 4. The standard InChI is InChI=1S/C36H36N2O4/c1-40-30-16-14-27(15-17-30)24-38-25-34(32-12-5-6-13-35(32)38)33(23-36(39)37-18-20-41-21-19-37)29-10-7-11-31(22-29)42-26-28-8-3-2-4-9-28/h2-17,22,25,33H,18-21,23-24,26H2,1H3. The summed E-state index contributed by atoms with van der Waals surface area (Å²) in [5, 5.41) is 1.15. The second-order valence-corrected chi connectivity index (χ2v) is 10.7. The second kappa shape index (κ2) is 13.0. The average Bonchev–Trinajstić information content (AvgIpc) is 3.41. The van der Waals surface area contributed by atoms with Crippen LogP contribution in [0.4, 0.5) is 0 Å². The first-order valence-electron chi connectivity index (χ1n) is 14.5. The molecule has 5 aromatic rings. The Hall–Kier alpha value is -4.55. The van der Waals surface area contributed by atoms with Crippen molar-refractivity contribution in [2.24, 2.45) is 0 Å². The number of ether oxygens (including phenoxy) is 3. The van der Waals surface area contributed by atoms with Crippen LogP contribution < -0.4 is 9.47 Å². The van der Waals surface area contributed by atoms with Crippen molar-refractivity contribution in [2.45, 2.75) is 25.5 Å². The zero-order valence-corrected chi connectivity index (χ0v) is 23.9. The van der Waals surface area contributed by atoms with Crippen molar-refractivity contribution in [3.8, 4) is 11.5 Å². The highest BCUT2D eigenvalue weighted by molar-refractivity contribution is 5.87. The Morgan fingerprint density at radius 3 is 2.38 bits per heavy atom. The Morgan fingerprint density at radius 1 is 0.833 bits per heavy atom. The van der Waals surface area contributed by atoms with Gasteiger partial charge in [-0.15, -0.1) is 0 Å². The lowest BCUT2D eigenvalue weighted by Crippen LogP contribution is -2.41. The monoisotopic (exact) mass is 560 g/mol. The summed E-state index contributed by atoms with van der Waals surface area (Å²) >= 11 is 0. The van der Waals surface area contributed by atoms with E-state index in [2.05, 4.69) is 71.4 Å². The fourth-order valence-corrected chi connectivity index (χ4v) is 5.70. The minimum atomic E-state index is -0.136. The summed E-state index contributed by atoms with van der Waals surface area (Å²) in [6.07, 6.45) is 2.60. The molecule has 0 saturated carbocycles. The normalized spacial score (nSPS) is 14.1. The molecule has 0 aliphatic carbocycles. The summed E-state index contributed by atoms with van der Waals surface area (Å²) in [5.41, 5.74) is 5.64. The molecule has 0 radical (unpaired) electrons. The lowest BCUT2D eigenvalue weighted by atomic mass is 9.87. The molecule has 214 valence electrons. The Morgan fingerprint density at radius 2 is 1.60 bits per heavy atom. The molecule has 6 rings (SSSR count). The highest BCUT2D eigenvalue weighted by atomic mass is 16.5. The van der Waals surface area contributed by atoms with Crippen LogP contribution in [0.3, 0.4) is 0 Å². The summed E-state index contributed by atoms with van der Waals surface area (Å²) in [5.74, 6) is 1.64. The van der Waals surface area contributed by atoms with Crippen molar-refractivity contribution in [1.29, 1.82) is 0 Å². The van der Waals surface area contributed by atoms with Gasteiger partial charge < -0.3 is 23.7 Å². The molecule has 2 heterocycles. The molecule has 1 atom stereocenters. The summed E-state index contributed by atoms with van der Waals surface area (Å²) in [6.45, 7) is 3.63. The molecule has 0 spiro atoms. The van der Waals surface area contributed by atoms with Gasteiger partial charge in [0.25, 0.3) is 0 Å². The molecule has 1 saturated heterocycles. The van der Waals surface area contributed by atoms with E-state index < -0.39 is 0 Å². The van der Waals surface area contributed by atoms with Gasteiger partial charge in [0, 0.05) is 49.1 Å². The highest BCUT2D eigenvalue weighted by Gasteiger charge is 2.26. The van der Waals surface area contributed by atoms with Gasteiger partial charge in [-0.3, -0.25) is 4.79 Å². The van der Waals surface area contributed by atoms with Crippen molar-refractivity contribution in [1.82, 2.24) is 9.47 Å². The maximum Gasteiger partial charge on any atom is 0.223 e. The number of benzene rings is 4. The number of para-hydroxylation sites is 1. The molecule has 1 unspecified atom stereocenters. The third kappa shape index (κ3) is 6.34. The van der Waals surface area contributed by atoms with Gasteiger partial charge in [-0.05, 0) is 52.6 Å². The smallest absolute Gasteiger partial charge is 0.223 e. The summed E-state index contributed by atoms with van der Waals surface area (Å²) < 4.78 is 19.4. The maximum absolute atomic E-state index is 13.7. The van der Waals surface area contributed by atoms with Gasteiger partial charge in [-0.1, -0.05) is 72.8 Å². The van der Waals surface area contributed by atoms with Crippen LogP contribution in [-0.4, -0.2) is 48.8 Å². The molecule has 0 N–H and O–H groups in total. The molecule has 6 heteroatoms. The Balaban J connectivity index is 1.36. The molecule has 6 nitrogen and oxygen atoms in total. The number of rotatable bonds is 10. The number of fused-ring (bicyclic) bond motifs is 1. The topological polar surface area (TPSA) is 52.9 Å². The number of aromatic nitrogens is 1. The van der Waals surface area contributed by atoms with E-state index in [4.69, 9.17) is 14.2 Å². The molecule has 1 aliphatic heterocycles. The minimum absolute atomic E-state index is 0.136. The van der Waals surface area contributed by atoms with E-state index in [-0.39, 0.29) is 11.8 Å². The van der Waals surface area contributed by atoms with Gasteiger partial charge >= 0.3 is 0 Å². The molecule has 4 aromatic carbocycles. The van der Waals surface area contributed by atoms with Crippen LogP contribution in [0.2, 0.25) is 0 Å². The molecule has 0 bridgehead atoms. The summed E-state index contributed by atoms with van der Waals surface area (Å²) in [4.78, 5) is 15.6. The first kappa shape index (κ1) is 27.6. The lowest BCUT2D eigenvalue weighted by Gasteiger charge is -2.29. The molecule has 1 aromatic heterocycles. The Bertz CT molecular complexity index is 1620. The van der Waals surface area contributed by atoms with E-state index in [0.717, 1.165) is 45.6 Å². The number of amides is 1. The van der Waals surface area contributed by atoms with Gasteiger partial charge in [0.2, 0.25) is 5.91 Å². The molecule has 42 heavy (non-hydrogen) atoms. The van der Waals surface area contributed by atoms with Crippen LogP contribution in [0.5, 0.6) is 11.5 Å². The number of nitrogens with zero attached hydrogens (tertiary/aromatic N) is 2. The number of morpholine rings is 1. The highest BCUT2D eigenvalue weighted by Crippen LogP contribution is 2.37. The molecule has 1 fully saturated rings. The molecular formula is C36H36N2O4. The summed E-state index contributed by atoms with van der Waals surface area (Å²) in [7, 11) is 1.68. The van der Waals surface area contributed by atoms with Crippen LogP contribution in [0.1, 0.15) is 34.6 Å². The van der Waals surface area contributed by atoms with Crippen molar-refractivity contribution < 1.29 is 19.0 Å². The van der Waals surface area contributed by atoms with Crippen LogP contribution in [0.25, 0.3) is 10.9 Å². The number of methoxy groups -OCH3 is 1. The van der Waals surface area contributed by atoms with Gasteiger partial charge in [-0.25, -0.2) is 0 Å². The van der Waals surface area contributed by atoms with E-state index in [1.54, 1.807) is 7.11 Å². The van der Waals surface area contributed by atoms with E-state index in [1.807, 2.05) is 47.4 Å². The van der Waals surface area contributed by atoms with Gasteiger partial charge in [0.15, 0.2) is 0 Å². The van der Waals surface area contributed by atoms with Gasteiger partial charge in [0.05, 0.1) is 20.3 Å². The third-order valence-corrected chi connectivity index (χ3v) is 7.96. The van der Waals surface area contributed by atoms with Crippen molar-refractivity contribution in [3.63, 3.8) is 0 Å². The number of hydrogen-bond donors (Lipinski definition) is 0. The van der Waals surface area contributed by atoms with Crippen LogP contribution in [-0.2, 0) is 22.7 Å². The predicted octanol–water partition coefficient (Wildman–Crippen LogP) is 6.66. The fourth-order valence-electron chi connectivity index (χ4n) is 5.70. The maximum atomic E-state index is 13.7. The van der Waals surface area contributed by atoms with Crippen LogP contribution >= 0.6 is 0 Å². The van der Waals surface area contributed by atoms with E-state index in [9.17, 15) is 4.79 Å². The van der Waals surface area contributed by atoms with Gasteiger partial charge in [-0.2, -0.15) is 0 Å². The lowest BCUT2D eigenvalue weighted by molar-refractivity contribution is -0.135. The average molecular weight is 561 g/mol. The molecule has 1 amide bonds. The van der Waals surface area contributed by atoms with Gasteiger partial charge in [0.1, 0.15) is 18.1 Å². The largest absolute Gasteiger partial charge is 0.497 e. The van der Waals surface area contributed by atoms with E-state index >= 15 is 0 Å². The molecular weight excluding hydrogens is 524 g/mol. The quantitative estimate of drug-likeness (QED) is 0.192. The van der Waals surface area contributed by atoms with Crippen molar-refractivity contribution in [2.75, 3.05) is 33.4 Å². The number of carbonyl (C=O) groups excluding carboxylic acids is 1. The number of carbonyl (C=O) groups is 1. The Labute approximate surface area is 247 Å². The van der Waals surface area contributed by atoms with Crippen LogP contribution in [0.15, 0.2) is 109 Å². The fraction of sp³-hybridized carbons (Fsp3) is 0.250. The predicted molar refractivity (Wildman–Crippen MR) is 165 cm³/mol. The summed E-state index contributed by atoms with van der Waals surface area (Å²) in [6, 6.07) is 35.0. The van der Waals surface area contributed by atoms with Crippen molar-refractivity contribution >= 4 is 16.8 Å². The van der Waals surface area contributed by atoms with E-state index in [1.165, 1.54) is 5.56 Å².